The van der Waals surface area contributed by atoms with Gasteiger partial charge in [-0.1, -0.05) is 23.7 Å². The van der Waals surface area contributed by atoms with E-state index in [4.69, 9.17) is 21.1 Å². The van der Waals surface area contributed by atoms with Gasteiger partial charge in [-0.25, -0.2) is 8.42 Å². The molecule has 0 heterocycles. The number of anilines is 1. The van der Waals surface area contributed by atoms with Crippen molar-refractivity contribution < 1.29 is 22.7 Å². The number of nitrogens with one attached hydrogen (secondary N) is 2. The first-order valence-electron chi connectivity index (χ1n) is 8.88. The number of sulfone groups is 1. The van der Waals surface area contributed by atoms with Crippen molar-refractivity contribution in [3.8, 4) is 11.5 Å². The van der Waals surface area contributed by atoms with Crippen LogP contribution >= 0.6 is 11.6 Å². The van der Waals surface area contributed by atoms with E-state index in [1.54, 1.807) is 33.3 Å². The van der Waals surface area contributed by atoms with Gasteiger partial charge < -0.3 is 20.1 Å². The molecule has 2 rings (SSSR count). The van der Waals surface area contributed by atoms with E-state index in [9.17, 15) is 13.2 Å². The van der Waals surface area contributed by atoms with Crippen LogP contribution in [0.5, 0.6) is 11.5 Å². The first-order chi connectivity index (χ1) is 13.7. The molecule has 0 unspecified atom stereocenters. The van der Waals surface area contributed by atoms with E-state index < -0.39 is 9.84 Å². The van der Waals surface area contributed by atoms with Gasteiger partial charge in [-0.3, -0.25) is 4.79 Å². The molecule has 0 saturated carbocycles. The zero-order valence-electron chi connectivity index (χ0n) is 16.8. The summed E-state index contributed by atoms with van der Waals surface area (Å²) in [5, 5.41) is 5.81. The maximum Gasteiger partial charge on any atom is 0.239 e. The van der Waals surface area contributed by atoms with Crippen LogP contribution in [0.4, 0.5) is 5.69 Å². The van der Waals surface area contributed by atoms with Gasteiger partial charge in [0.15, 0.2) is 21.3 Å². The lowest BCUT2D eigenvalue weighted by molar-refractivity contribution is -0.119. The van der Waals surface area contributed by atoms with Gasteiger partial charge in [-0.2, -0.15) is 0 Å². The van der Waals surface area contributed by atoms with Crippen LogP contribution in [-0.2, 0) is 21.1 Å². The highest BCUT2D eigenvalue weighted by atomic mass is 35.5. The number of rotatable bonds is 9. The maximum atomic E-state index is 12.1. The van der Waals surface area contributed by atoms with Gasteiger partial charge >= 0.3 is 0 Å². The Kier molecular flexibility index (Phi) is 7.75. The molecular weight excluding hydrogens is 416 g/mol. The van der Waals surface area contributed by atoms with Crippen molar-refractivity contribution in [2.45, 2.75) is 18.2 Å². The van der Waals surface area contributed by atoms with Crippen LogP contribution in [0.1, 0.15) is 11.1 Å². The minimum absolute atomic E-state index is 0.00251. The van der Waals surface area contributed by atoms with Gasteiger partial charge in [-0.05, 0) is 42.7 Å². The van der Waals surface area contributed by atoms with Crippen LogP contribution in [0.3, 0.4) is 0 Å². The number of amides is 1. The van der Waals surface area contributed by atoms with Crippen LogP contribution in [0.25, 0.3) is 0 Å². The molecule has 2 N–H and O–H groups in total. The Morgan fingerprint density at radius 2 is 1.79 bits per heavy atom. The highest BCUT2D eigenvalue weighted by Crippen LogP contribution is 2.32. The molecule has 0 saturated heterocycles. The number of halogens is 1. The molecule has 0 radical (unpaired) electrons. The van der Waals surface area contributed by atoms with Gasteiger partial charge in [0.1, 0.15) is 4.90 Å². The summed E-state index contributed by atoms with van der Waals surface area (Å²) in [6, 6.07) is 8.88. The van der Waals surface area contributed by atoms with E-state index >= 15 is 0 Å². The molecule has 0 fully saturated rings. The fourth-order valence-electron chi connectivity index (χ4n) is 2.78. The molecule has 0 spiro atoms. The molecule has 29 heavy (non-hydrogen) atoms. The molecule has 158 valence electrons. The lowest BCUT2D eigenvalue weighted by Crippen LogP contribution is -2.31. The molecule has 1 amide bonds. The van der Waals surface area contributed by atoms with E-state index in [0.29, 0.717) is 35.7 Å². The second-order valence-corrected chi connectivity index (χ2v) is 8.82. The molecule has 0 aliphatic rings. The summed E-state index contributed by atoms with van der Waals surface area (Å²) in [5.41, 5.74) is 1.94. The first kappa shape index (κ1) is 22.8. The zero-order valence-corrected chi connectivity index (χ0v) is 18.4. The largest absolute Gasteiger partial charge is 0.493 e. The Morgan fingerprint density at radius 3 is 2.41 bits per heavy atom. The minimum Gasteiger partial charge on any atom is -0.493 e. The predicted molar refractivity (Wildman–Crippen MR) is 114 cm³/mol. The van der Waals surface area contributed by atoms with Crippen molar-refractivity contribution in [2.75, 3.05) is 38.9 Å². The Labute approximate surface area is 176 Å². The van der Waals surface area contributed by atoms with Crippen molar-refractivity contribution in [1.82, 2.24) is 5.32 Å². The number of aryl methyl sites for hydroxylation is 1. The minimum atomic E-state index is -3.55. The Balaban J connectivity index is 1.94. The van der Waals surface area contributed by atoms with E-state index in [0.717, 1.165) is 11.8 Å². The van der Waals surface area contributed by atoms with Gasteiger partial charge in [-0.15, -0.1) is 0 Å². The van der Waals surface area contributed by atoms with Crippen LogP contribution in [0, 0.1) is 6.92 Å². The number of carbonyl (C=O) groups excluding carboxylic acids is 1. The van der Waals surface area contributed by atoms with Crippen molar-refractivity contribution in [2.24, 2.45) is 0 Å². The molecular formula is C20H25ClN2O5S. The second-order valence-electron chi connectivity index (χ2n) is 6.49. The lowest BCUT2D eigenvalue weighted by Gasteiger charge is -2.14. The van der Waals surface area contributed by atoms with Crippen LogP contribution in [0.2, 0.25) is 5.02 Å². The van der Waals surface area contributed by atoms with Gasteiger partial charge in [0.2, 0.25) is 5.91 Å². The summed E-state index contributed by atoms with van der Waals surface area (Å²) in [6.45, 7) is 2.07. The summed E-state index contributed by atoms with van der Waals surface area (Å²) in [7, 11) is -0.411. The topological polar surface area (TPSA) is 93.7 Å². The molecule has 9 heteroatoms. The highest BCUT2D eigenvalue weighted by Gasteiger charge is 2.19. The van der Waals surface area contributed by atoms with Crippen LogP contribution < -0.4 is 20.1 Å². The third-order valence-electron chi connectivity index (χ3n) is 4.28. The maximum absolute atomic E-state index is 12.1. The monoisotopic (exact) mass is 440 g/mol. The first-order valence-corrected chi connectivity index (χ1v) is 11.1. The number of hydrogen-bond acceptors (Lipinski definition) is 6. The summed E-state index contributed by atoms with van der Waals surface area (Å²) >= 11 is 6.16. The second kappa shape index (κ2) is 9.84. The van der Waals surface area contributed by atoms with E-state index in [1.165, 1.54) is 0 Å². The standard InChI is InChI=1S/C20H25ClN2O5S/c1-13-5-7-15(20(19(13)21)29(4,25)26)23-12-18(24)22-10-9-14-6-8-16(27-2)17(11-14)28-3/h5-8,11,23H,9-10,12H2,1-4H3,(H,22,24). The molecule has 2 aromatic carbocycles. The Hall–Kier alpha value is -2.45. The normalized spacial score (nSPS) is 11.1. The van der Waals surface area contributed by atoms with Gasteiger partial charge in [0, 0.05) is 12.8 Å². The smallest absolute Gasteiger partial charge is 0.239 e. The van der Waals surface area contributed by atoms with Crippen molar-refractivity contribution in [1.29, 1.82) is 0 Å². The third-order valence-corrected chi connectivity index (χ3v) is 6.05. The summed E-state index contributed by atoms with van der Waals surface area (Å²) in [6.07, 6.45) is 1.69. The molecule has 0 aliphatic carbocycles. The number of ether oxygens (including phenoxy) is 2. The average molecular weight is 441 g/mol. The van der Waals surface area contributed by atoms with Crippen molar-refractivity contribution in [3.05, 3.63) is 46.5 Å². The summed E-state index contributed by atoms with van der Waals surface area (Å²) in [4.78, 5) is 12.1. The predicted octanol–water partition coefficient (Wildman–Crippen LogP) is 2.84. The van der Waals surface area contributed by atoms with E-state index in [1.807, 2.05) is 18.2 Å². The Bertz CT molecular complexity index is 993. The van der Waals surface area contributed by atoms with Crippen molar-refractivity contribution >= 4 is 33.0 Å². The number of carbonyl (C=O) groups is 1. The zero-order chi connectivity index (χ0) is 21.6. The fourth-order valence-corrected chi connectivity index (χ4v) is 4.39. The SMILES string of the molecule is COc1ccc(CCNC(=O)CNc2ccc(C)c(Cl)c2S(C)(=O)=O)cc1OC. The summed E-state index contributed by atoms with van der Waals surface area (Å²) in [5.74, 6) is 1.01. The van der Waals surface area contributed by atoms with Crippen molar-refractivity contribution in [3.63, 3.8) is 0 Å². The Morgan fingerprint density at radius 1 is 1.10 bits per heavy atom. The van der Waals surface area contributed by atoms with E-state index in [2.05, 4.69) is 10.6 Å². The molecule has 0 aromatic heterocycles. The molecule has 0 bridgehead atoms. The van der Waals surface area contributed by atoms with E-state index in [-0.39, 0.29) is 22.4 Å². The average Bonchev–Trinajstić information content (AvgIpc) is 2.67. The van der Waals surface area contributed by atoms with Crippen LogP contribution in [0.15, 0.2) is 35.2 Å². The molecule has 7 nitrogen and oxygen atoms in total. The lowest BCUT2D eigenvalue weighted by atomic mass is 10.1. The third kappa shape index (κ3) is 6.01. The fraction of sp³-hybridized carbons (Fsp3) is 0.350. The van der Waals surface area contributed by atoms with Gasteiger partial charge in [0.05, 0.1) is 31.5 Å². The van der Waals surface area contributed by atoms with Gasteiger partial charge in [0.25, 0.3) is 0 Å². The van der Waals surface area contributed by atoms with Crippen LogP contribution in [-0.4, -0.2) is 47.9 Å². The quantitative estimate of drug-likeness (QED) is 0.622. The summed E-state index contributed by atoms with van der Waals surface area (Å²) < 4.78 is 34.6. The number of methoxy groups -OCH3 is 2. The number of benzene rings is 2. The molecule has 0 aliphatic heterocycles. The highest BCUT2D eigenvalue weighted by molar-refractivity contribution is 7.91. The molecule has 2 aromatic rings. The number of hydrogen-bond donors (Lipinski definition) is 2. The molecule has 0 atom stereocenters.